The van der Waals surface area contributed by atoms with Crippen molar-refractivity contribution >= 4 is 23.2 Å². The first kappa shape index (κ1) is 15.4. The van der Waals surface area contributed by atoms with Gasteiger partial charge in [0.25, 0.3) is 0 Å². The van der Waals surface area contributed by atoms with Crippen molar-refractivity contribution in [3.8, 4) is 5.69 Å². The molecule has 0 saturated carbocycles. The summed E-state index contributed by atoms with van der Waals surface area (Å²) in [6, 6.07) is 17.4. The lowest BCUT2D eigenvalue weighted by atomic mass is 10.1. The van der Waals surface area contributed by atoms with E-state index >= 15 is 0 Å². The molecule has 0 radical (unpaired) electrons. The molecule has 0 bridgehead atoms. The smallest absolute Gasteiger partial charge is 0.228 e. The number of halogens is 1. The third-order valence-corrected chi connectivity index (χ3v) is 3.91. The van der Waals surface area contributed by atoms with Crippen LogP contribution in [0.15, 0.2) is 67.0 Å². The number of carbonyl (C=O) groups excluding carboxylic acids is 1. The third kappa shape index (κ3) is 3.82. The van der Waals surface area contributed by atoms with Gasteiger partial charge in [0.15, 0.2) is 0 Å². The average molecular weight is 325 g/mol. The molecule has 0 aliphatic heterocycles. The van der Waals surface area contributed by atoms with Gasteiger partial charge in [0, 0.05) is 28.8 Å². The van der Waals surface area contributed by atoms with E-state index < -0.39 is 0 Å². The average Bonchev–Trinajstić information content (AvgIpc) is 3.06. The van der Waals surface area contributed by atoms with Crippen molar-refractivity contribution in [2.75, 3.05) is 5.32 Å². The van der Waals surface area contributed by atoms with E-state index in [4.69, 9.17) is 11.6 Å². The Balaban J connectivity index is 1.67. The Kier molecular flexibility index (Phi) is 4.49. The second-order valence-corrected chi connectivity index (χ2v) is 5.88. The molecule has 1 heterocycles. The van der Waals surface area contributed by atoms with Gasteiger partial charge in [-0.3, -0.25) is 4.79 Å². The molecule has 23 heavy (non-hydrogen) atoms. The number of rotatable bonds is 4. The summed E-state index contributed by atoms with van der Waals surface area (Å²) < 4.78 is 2.03. The third-order valence-electron chi connectivity index (χ3n) is 3.68. The van der Waals surface area contributed by atoms with E-state index in [-0.39, 0.29) is 5.91 Å². The quantitative estimate of drug-likeness (QED) is 0.746. The Morgan fingerprint density at radius 3 is 2.48 bits per heavy atom. The van der Waals surface area contributed by atoms with Crippen LogP contribution >= 0.6 is 11.6 Å². The van der Waals surface area contributed by atoms with Gasteiger partial charge in [0.05, 0.1) is 6.42 Å². The predicted molar refractivity (Wildman–Crippen MR) is 94.3 cm³/mol. The predicted octanol–water partition coefficient (Wildman–Crippen LogP) is 4.62. The van der Waals surface area contributed by atoms with Gasteiger partial charge in [0.1, 0.15) is 0 Å². The minimum absolute atomic E-state index is 0.0518. The first-order valence-electron chi connectivity index (χ1n) is 7.40. The molecule has 3 aromatic rings. The molecule has 0 fully saturated rings. The molecule has 0 spiro atoms. The molecule has 4 heteroatoms. The Bertz CT molecular complexity index is 808. The summed E-state index contributed by atoms with van der Waals surface area (Å²) in [6.07, 6.45) is 4.31. The second-order valence-electron chi connectivity index (χ2n) is 5.44. The number of amides is 1. The fraction of sp³-hybridized carbons (Fsp3) is 0.105. The number of nitrogens with zero attached hydrogens (tertiary/aromatic N) is 1. The highest BCUT2D eigenvalue weighted by molar-refractivity contribution is 6.31. The molecule has 0 unspecified atom stereocenters. The summed E-state index contributed by atoms with van der Waals surface area (Å²) in [5.41, 5.74) is 3.79. The molecule has 0 saturated heterocycles. The van der Waals surface area contributed by atoms with Crippen LogP contribution in [0.5, 0.6) is 0 Å². The summed E-state index contributed by atoms with van der Waals surface area (Å²) in [6.45, 7) is 1.94. The number of benzene rings is 2. The first-order chi connectivity index (χ1) is 11.1. The lowest BCUT2D eigenvalue weighted by Crippen LogP contribution is -2.15. The Morgan fingerprint density at radius 2 is 1.78 bits per heavy atom. The van der Waals surface area contributed by atoms with Crippen molar-refractivity contribution in [2.45, 2.75) is 13.3 Å². The highest BCUT2D eigenvalue weighted by atomic mass is 35.5. The van der Waals surface area contributed by atoms with E-state index in [2.05, 4.69) is 5.32 Å². The molecular formula is C19H17ClN2O. The van der Waals surface area contributed by atoms with Crippen LogP contribution in [-0.4, -0.2) is 10.5 Å². The van der Waals surface area contributed by atoms with Crippen molar-refractivity contribution in [1.82, 2.24) is 4.57 Å². The number of hydrogen-bond donors (Lipinski definition) is 1. The van der Waals surface area contributed by atoms with Crippen molar-refractivity contribution in [2.24, 2.45) is 0 Å². The van der Waals surface area contributed by atoms with Crippen LogP contribution in [0.1, 0.15) is 11.1 Å². The van der Waals surface area contributed by atoms with Crippen LogP contribution in [0.4, 0.5) is 5.69 Å². The Morgan fingerprint density at radius 1 is 1.09 bits per heavy atom. The molecule has 0 aliphatic rings. The largest absolute Gasteiger partial charge is 0.326 e. The minimum atomic E-state index is -0.0518. The van der Waals surface area contributed by atoms with Gasteiger partial charge in [-0.05, 0) is 54.4 Å². The van der Waals surface area contributed by atoms with Gasteiger partial charge < -0.3 is 9.88 Å². The van der Waals surface area contributed by atoms with Gasteiger partial charge in [0.2, 0.25) is 5.91 Å². The fourth-order valence-corrected chi connectivity index (χ4v) is 2.57. The SMILES string of the molecule is Cc1ccc(Cl)cc1NC(=O)Cc1ccc(-n2cccc2)cc1. The molecule has 1 aromatic heterocycles. The summed E-state index contributed by atoms with van der Waals surface area (Å²) >= 11 is 5.97. The van der Waals surface area contributed by atoms with Crippen LogP contribution in [0.3, 0.4) is 0 Å². The van der Waals surface area contributed by atoms with Crippen LogP contribution in [-0.2, 0) is 11.2 Å². The van der Waals surface area contributed by atoms with Gasteiger partial charge >= 0.3 is 0 Å². The summed E-state index contributed by atoms with van der Waals surface area (Å²) in [5, 5.41) is 3.53. The maximum Gasteiger partial charge on any atom is 0.228 e. The lowest BCUT2D eigenvalue weighted by Gasteiger charge is -2.09. The summed E-state index contributed by atoms with van der Waals surface area (Å²) in [7, 11) is 0. The molecule has 2 aromatic carbocycles. The monoisotopic (exact) mass is 324 g/mol. The van der Waals surface area contributed by atoms with E-state index in [1.165, 1.54) is 0 Å². The molecule has 0 atom stereocenters. The van der Waals surface area contributed by atoms with E-state index in [1.54, 1.807) is 6.07 Å². The Labute approximate surface area is 140 Å². The number of anilines is 1. The van der Waals surface area contributed by atoms with Crippen molar-refractivity contribution in [3.05, 3.63) is 83.1 Å². The van der Waals surface area contributed by atoms with Gasteiger partial charge in [-0.15, -0.1) is 0 Å². The number of aryl methyl sites for hydroxylation is 1. The zero-order valence-electron chi connectivity index (χ0n) is 12.8. The van der Waals surface area contributed by atoms with E-state index in [9.17, 15) is 4.79 Å². The van der Waals surface area contributed by atoms with E-state index in [0.717, 1.165) is 22.5 Å². The molecule has 116 valence electrons. The van der Waals surface area contributed by atoms with E-state index in [1.807, 2.05) is 72.4 Å². The van der Waals surface area contributed by atoms with Crippen molar-refractivity contribution < 1.29 is 4.79 Å². The fourth-order valence-electron chi connectivity index (χ4n) is 2.40. The molecule has 0 aliphatic carbocycles. The van der Waals surface area contributed by atoms with Crippen LogP contribution in [0, 0.1) is 6.92 Å². The maximum atomic E-state index is 12.2. The topological polar surface area (TPSA) is 34.0 Å². The Hall–Kier alpha value is -2.52. The van der Waals surface area contributed by atoms with Crippen molar-refractivity contribution in [3.63, 3.8) is 0 Å². The van der Waals surface area contributed by atoms with Gasteiger partial charge in [-0.25, -0.2) is 0 Å². The number of carbonyl (C=O) groups is 1. The molecule has 3 nitrogen and oxygen atoms in total. The van der Waals surface area contributed by atoms with Crippen LogP contribution in [0.2, 0.25) is 5.02 Å². The first-order valence-corrected chi connectivity index (χ1v) is 7.78. The van der Waals surface area contributed by atoms with Crippen LogP contribution in [0.25, 0.3) is 5.69 Å². The minimum Gasteiger partial charge on any atom is -0.326 e. The number of hydrogen-bond acceptors (Lipinski definition) is 1. The van der Waals surface area contributed by atoms with Gasteiger partial charge in [-0.1, -0.05) is 29.8 Å². The summed E-state index contributed by atoms with van der Waals surface area (Å²) in [4.78, 5) is 12.2. The molecule has 3 rings (SSSR count). The number of nitrogens with one attached hydrogen (secondary N) is 1. The van der Waals surface area contributed by atoms with E-state index in [0.29, 0.717) is 11.4 Å². The molecular weight excluding hydrogens is 308 g/mol. The van der Waals surface area contributed by atoms with Crippen LogP contribution < -0.4 is 5.32 Å². The maximum absolute atomic E-state index is 12.2. The number of aromatic nitrogens is 1. The zero-order chi connectivity index (χ0) is 16.2. The lowest BCUT2D eigenvalue weighted by molar-refractivity contribution is -0.115. The highest BCUT2D eigenvalue weighted by Gasteiger charge is 2.07. The zero-order valence-corrected chi connectivity index (χ0v) is 13.5. The molecule has 1 amide bonds. The second kappa shape index (κ2) is 6.71. The van der Waals surface area contributed by atoms with Gasteiger partial charge in [-0.2, -0.15) is 0 Å². The van der Waals surface area contributed by atoms with Crippen molar-refractivity contribution in [1.29, 1.82) is 0 Å². The normalized spacial score (nSPS) is 10.5. The standard InChI is InChI=1S/C19H17ClN2O/c1-14-4-7-16(20)13-18(14)21-19(23)12-15-5-8-17(9-6-15)22-10-2-3-11-22/h2-11,13H,12H2,1H3,(H,21,23). The highest BCUT2D eigenvalue weighted by Crippen LogP contribution is 2.20. The summed E-state index contributed by atoms with van der Waals surface area (Å²) in [5.74, 6) is -0.0518. The molecule has 1 N–H and O–H groups in total.